The van der Waals surface area contributed by atoms with Crippen LogP contribution in [0.3, 0.4) is 0 Å². The number of amides is 2. The normalized spacial score (nSPS) is 13.0. The monoisotopic (exact) mass is 376 g/mol. The zero-order valence-electron chi connectivity index (χ0n) is 13.1. The summed E-state index contributed by atoms with van der Waals surface area (Å²) in [5, 5.41) is 3.45. The summed E-state index contributed by atoms with van der Waals surface area (Å²) in [4.78, 5) is 25.9. The summed E-state index contributed by atoms with van der Waals surface area (Å²) in [5.41, 5.74) is 1.49. The average Bonchev–Trinajstić information content (AvgIpc) is 2.60. The van der Waals surface area contributed by atoms with E-state index in [1.54, 1.807) is 41.3 Å². The zero-order valence-corrected chi connectivity index (χ0v) is 14.6. The molecule has 3 rings (SSSR count). The molecule has 1 aliphatic heterocycles. The van der Waals surface area contributed by atoms with Crippen molar-refractivity contribution in [2.24, 2.45) is 0 Å². The molecule has 0 saturated carbocycles. The van der Waals surface area contributed by atoms with Gasteiger partial charge in [0.2, 0.25) is 0 Å². The molecule has 0 aliphatic carbocycles. The number of ether oxygens (including phenoxy) is 1. The lowest BCUT2D eigenvalue weighted by molar-refractivity contribution is -0.121. The fraction of sp³-hybridized carbons (Fsp3) is 0.111. The van der Waals surface area contributed by atoms with Crippen molar-refractivity contribution in [2.75, 3.05) is 23.4 Å². The highest BCUT2D eigenvalue weighted by Crippen LogP contribution is 2.34. The van der Waals surface area contributed by atoms with Gasteiger partial charge >= 0.3 is 0 Å². The lowest BCUT2D eigenvalue weighted by Gasteiger charge is -2.28. The van der Waals surface area contributed by atoms with Crippen LogP contribution in [0.25, 0.3) is 0 Å². The molecule has 5 nitrogen and oxygen atoms in total. The number of halogens is 2. The summed E-state index contributed by atoms with van der Waals surface area (Å²) in [6.45, 7) is 4.00. The molecule has 128 valence electrons. The Hall–Kier alpha value is -2.50. The second kappa shape index (κ2) is 7.17. The van der Waals surface area contributed by atoms with Gasteiger partial charge < -0.3 is 15.0 Å². The summed E-state index contributed by atoms with van der Waals surface area (Å²) < 4.78 is 5.42. The van der Waals surface area contributed by atoms with Gasteiger partial charge in [-0.05, 0) is 36.4 Å². The first-order valence-corrected chi connectivity index (χ1v) is 8.19. The van der Waals surface area contributed by atoms with Crippen LogP contribution in [0.5, 0.6) is 5.75 Å². The van der Waals surface area contributed by atoms with Crippen molar-refractivity contribution in [1.29, 1.82) is 0 Å². The third-order valence-electron chi connectivity index (χ3n) is 3.65. The van der Waals surface area contributed by atoms with Crippen LogP contribution in [0, 0.1) is 0 Å². The molecule has 1 N–H and O–H groups in total. The van der Waals surface area contributed by atoms with Crippen LogP contribution < -0.4 is 15.0 Å². The third-order valence-corrected chi connectivity index (χ3v) is 4.39. The summed E-state index contributed by atoms with van der Waals surface area (Å²) >= 11 is 11.8. The molecule has 25 heavy (non-hydrogen) atoms. The Morgan fingerprint density at radius 1 is 1.24 bits per heavy atom. The number of rotatable bonds is 4. The first-order chi connectivity index (χ1) is 12.0. The average molecular weight is 377 g/mol. The third kappa shape index (κ3) is 3.62. The molecule has 0 atom stereocenters. The molecule has 2 amide bonds. The van der Waals surface area contributed by atoms with Crippen molar-refractivity contribution < 1.29 is 14.3 Å². The minimum absolute atomic E-state index is 0.0180. The number of anilines is 2. The van der Waals surface area contributed by atoms with Gasteiger partial charge in [0.1, 0.15) is 5.75 Å². The van der Waals surface area contributed by atoms with E-state index in [2.05, 4.69) is 11.9 Å². The maximum absolute atomic E-state index is 12.4. The number of carbonyl (C=O) groups is 2. The minimum Gasteiger partial charge on any atom is -0.482 e. The fourth-order valence-electron chi connectivity index (χ4n) is 2.45. The van der Waals surface area contributed by atoms with E-state index in [1.807, 2.05) is 0 Å². The molecule has 0 bridgehead atoms. The van der Waals surface area contributed by atoms with E-state index in [0.29, 0.717) is 39.3 Å². The van der Waals surface area contributed by atoms with E-state index in [0.717, 1.165) is 0 Å². The van der Waals surface area contributed by atoms with Gasteiger partial charge in [0.15, 0.2) is 6.61 Å². The molecule has 2 aromatic rings. The second-order valence-corrected chi connectivity index (χ2v) is 6.16. The number of carbonyl (C=O) groups excluding carboxylic acids is 2. The predicted octanol–water partition coefficient (Wildman–Crippen LogP) is 4.16. The fourth-order valence-corrected chi connectivity index (χ4v) is 2.75. The Kier molecular flexibility index (Phi) is 4.97. The zero-order chi connectivity index (χ0) is 18.0. The highest BCUT2D eigenvalue weighted by Gasteiger charge is 2.25. The molecule has 0 aromatic heterocycles. The molecule has 0 radical (unpaired) electrons. The van der Waals surface area contributed by atoms with Crippen LogP contribution in [0.4, 0.5) is 11.4 Å². The first-order valence-electron chi connectivity index (χ1n) is 7.44. The minimum atomic E-state index is -0.336. The van der Waals surface area contributed by atoms with Gasteiger partial charge in [0, 0.05) is 17.8 Å². The van der Waals surface area contributed by atoms with Crippen molar-refractivity contribution in [2.45, 2.75) is 0 Å². The molecular formula is C18H14Cl2N2O3. The van der Waals surface area contributed by atoms with Crippen LogP contribution >= 0.6 is 23.2 Å². The van der Waals surface area contributed by atoms with Crippen molar-refractivity contribution in [3.63, 3.8) is 0 Å². The number of benzene rings is 2. The van der Waals surface area contributed by atoms with E-state index in [9.17, 15) is 9.59 Å². The summed E-state index contributed by atoms with van der Waals surface area (Å²) in [5.74, 6) is 0.0752. The van der Waals surface area contributed by atoms with E-state index in [4.69, 9.17) is 27.9 Å². The Labute approximate surface area is 154 Å². The van der Waals surface area contributed by atoms with Gasteiger partial charge in [-0.1, -0.05) is 29.3 Å². The summed E-state index contributed by atoms with van der Waals surface area (Å²) in [7, 11) is 0. The smallest absolute Gasteiger partial charge is 0.265 e. The maximum atomic E-state index is 12.4. The van der Waals surface area contributed by atoms with Gasteiger partial charge in [-0.15, -0.1) is 6.58 Å². The van der Waals surface area contributed by atoms with Gasteiger partial charge in [0.25, 0.3) is 11.8 Å². The number of hydrogen-bond acceptors (Lipinski definition) is 3. The maximum Gasteiger partial charge on any atom is 0.265 e. The molecule has 2 aromatic carbocycles. The number of hydrogen-bond donors (Lipinski definition) is 1. The lowest BCUT2D eigenvalue weighted by atomic mass is 10.1. The van der Waals surface area contributed by atoms with Crippen LogP contribution in [-0.2, 0) is 4.79 Å². The molecule has 7 heteroatoms. The van der Waals surface area contributed by atoms with Crippen LogP contribution in [0.15, 0.2) is 49.1 Å². The quantitative estimate of drug-likeness (QED) is 0.815. The number of nitrogens with zero attached hydrogens (tertiary/aromatic N) is 1. The molecule has 0 unspecified atom stereocenters. The van der Waals surface area contributed by atoms with Crippen molar-refractivity contribution >= 4 is 46.4 Å². The SMILES string of the molecule is C=CCN1C(=O)COc2ccc(NC(=O)c3ccc(Cl)c(Cl)c3)cc21. The van der Waals surface area contributed by atoms with E-state index >= 15 is 0 Å². The lowest BCUT2D eigenvalue weighted by Crippen LogP contribution is -2.38. The number of fused-ring (bicyclic) bond motifs is 1. The molecule has 1 heterocycles. The predicted molar refractivity (Wildman–Crippen MR) is 98.9 cm³/mol. The largest absolute Gasteiger partial charge is 0.482 e. The van der Waals surface area contributed by atoms with E-state index in [1.165, 1.54) is 6.07 Å². The Balaban J connectivity index is 1.86. The Bertz CT molecular complexity index is 867. The highest BCUT2D eigenvalue weighted by atomic mass is 35.5. The van der Waals surface area contributed by atoms with E-state index < -0.39 is 0 Å². The topological polar surface area (TPSA) is 58.6 Å². The first kappa shape index (κ1) is 17.3. The van der Waals surface area contributed by atoms with Gasteiger partial charge in [-0.3, -0.25) is 9.59 Å². The van der Waals surface area contributed by atoms with Crippen LogP contribution in [-0.4, -0.2) is 25.0 Å². The highest BCUT2D eigenvalue weighted by molar-refractivity contribution is 6.42. The van der Waals surface area contributed by atoms with Crippen LogP contribution in [0.2, 0.25) is 10.0 Å². The molecule has 0 spiro atoms. The second-order valence-electron chi connectivity index (χ2n) is 5.35. The molecule has 0 saturated heterocycles. The molecular weight excluding hydrogens is 363 g/mol. The summed E-state index contributed by atoms with van der Waals surface area (Å²) in [6.07, 6.45) is 1.63. The van der Waals surface area contributed by atoms with Crippen LogP contribution in [0.1, 0.15) is 10.4 Å². The van der Waals surface area contributed by atoms with Crippen molar-refractivity contribution in [1.82, 2.24) is 0 Å². The summed E-state index contributed by atoms with van der Waals surface area (Å²) in [6, 6.07) is 9.74. The molecule has 1 aliphatic rings. The standard InChI is InChI=1S/C18H14Cl2N2O3/c1-2-7-22-15-9-12(4-6-16(15)25-10-17(22)23)21-18(24)11-3-5-13(19)14(20)8-11/h2-6,8-9H,1,7,10H2,(H,21,24). The van der Waals surface area contributed by atoms with Crippen molar-refractivity contribution in [3.8, 4) is 5.75 Å². The Morgan fingerprint density at radius 3 is 2.76 bits per heavy atom. The Morgan fingerprint density at radius 2 is 2.04 bits per heavy atom. The van der Waals surface area contributed by atoms with Gasteiger partial charge in [-0.2, -0.15) is 0 Å². The molecule has 0 fully saturated rings. The van der Waals surface area contributed by atoms with Crippen molar-refractivity contribution in [3.05, 3.63) is 64.7 Å². The van der Waals surface area contributed by atoms with E-state index in [-0.39, 0.29) is 18.4 Å². The van der Waals surface area contributed by atoms with Gasteiger partial charge in [0.05, 0.1) is 15.7 Å². The number of nitrogens with one attached hydrogen (secondary N) is 1. The van der Waals surface area contributed by atoms with Gasteiger partial charge in [-0.25, -0.2) is 0 Å².